The first-order chi connectivity index (χ1) is 7.74. The van der Waals surface area contributed by atoms with E-state index in [-0.39, 0.29) is 6.61 Å². The first-order valence-corrected chi connectivity index (χ1v) is 5.31. The van der Waals surface area contributed by atoms with E-state index in [4.69, 9.17) is 11.5 Å². The molecule has 0 spiro atoms. The molecule has 0 atom stereocenters. The molecule has 0 heterocycles. The van der Waals surface area contributed by atoms with Gasteiger partial charge in [-0.05, 0) is 18.6 Å². The molecule has 0 unspecified atom stereocenters. The monoisotopic (exact) mass is 221 g/mol. The molecule has 16 heavy (non-hydrogen) atoms. The largest absolute Gasteiger partial charge is 0.391 e. The maximum Gasteiger partial charge on any atom is 0.130 e. The Morgan fingerprint density at radius 3 is 2.81 bits per heavy atom. The van der Waals surface area contributed by atoms with Crippen LogP contribution in [0.25, 0.3) is 0 Å². The SMILES string of the molecule is C#CCN(CCC)c1cccc(F)c1CO. The van der Waals surface area contributed by atoms with Crippen molar-refractivity contribution in [2.24, 2.45) is 0 Å². The van der Waals surface area contributed by atoms with E-state index < -0.39 is 5.82 Å². The predicted molar refractivity (Wildman–Crippen MR) is 63.7 cm³/mol. The number of rotatable bonds is 5. The molecule has 0 aliphatic heterocycles. The summed E-state index contributed by atoms with van der Waals surface area (Å²) >= 11 is 0. The Morgan fingerprint density at radius 1 is 1.50 bits per heavy atom. The maximum absolute atomic E-state index is 13.5. The summed E-state index contributed by atoms with van der Waals surface area (Å²) in [5, 5.41) is 9.17. The molecule has 0 aromatic heterocycles. The summed E-state index contributed by atoms with van der Waals surface area (Å²) in [6, 6.07) is 4.75. The molecular formula is C13H16FNO. The highest BCUT2D eigenvalue weighted by molar-refractivity contribution is 5.54. The topological polar surface area (TPSA) is 23.5 Å². The van der Waals surface area contributed by atoms with E-state index in [1.807, 2.05) is 11.8 Å². The smallest absolute Gasteiger partial charge is 0.130 e. The van der Waals surface area contributed by atoms with Crippen LogP contribution < -0.4 is 4.90 Å². The number of aliphatic hydroxyl groups is 1. The maximum atomic E-state index is 13.5. The number of anilines is 1. The highest BCUT2D eigenvalue weighted by atomic mass is 19.1. The average Bonchev–Trinajstić information content (AvgIpc) is 2.28. The third-order valence-corrected chi connectivity index (χ3v) is 2.37. The minimum atomic E-state index is -0.391. The van der Waals surface area contributed by atoms with Gasteiger partial charge >= 0.3 is 0 Å². The third kappa shape index (κ3) is 2.74. The van der Waals surface area contributed by atoms with Crippen LogP contribution in [0, 0.1) is 18.2 Å². The Balaban J connectivity index is 3.08. The van der Waals surface area contributed by atoms with E-state index in [1.165, 1.54) is 6.07 Å². The van der Waals surface area contributed by atoms with Crippen LogP contribution in [-0.2, 0) is 6.61 Å². The van der Waals surface area contributed by atoms with Crippen LogP contribution in [-0.4, -0.2) is 18.2 Å². The third-order valence-electron chi connectivity index (χ3n) is 2.37. The van der Waals surface area contributed by atoms with Crippen molar-refractivity contribution in [1.29, 1.82) is 0 Å². The van der Waals surface area contributed by atoms with Crippen LogP contribution >= 0.6 is 0 Å². The fourth-order valence-electron chi connectivity index (χ4n) is 1.66. The van der Waals surface area contributed by atoms with Crippen molar-refractivity contribution in [2.75, 3.05) is 18.0 Å². The second-order valence-electron chi connectivity index (χ2n) is 3.52. The van der Waals surface area contributed by atoms with Gasteiger partial charge in [-0.15, -0.1) is 6.42 Å². The summed E-state index contributed by atoms with van der Waals surface area (Å²) in [5.74, 6) is 2.15. The molecule has 0 aliphatic rings. The Morgan fingerprint density at radius 2 is 2.25 bits per heavy atom. The molecule has 0 saturated carbocycles. The van der Waals surface area contributed by atoms with Crippen LogP contribution in [0.2, 0.25) is 0 Å². The molecule has 1 rings (SSSR count). The van der Waals surface area contributed by atoms with Gasteiger partial charge < -0.3 is 10.0 Å². The fraction of sp³-hybridized carbons (Fsp3) is 0.385. The highest BCUT2D eigenvalue weighted by Gasteiger charge is 2.12. The van der Waals surface area contributed by atoms with E-state index in [0.717, 1.165) is 13.0 Å². The summed E-state index contributed by atoms with van der Waals surface area (Å²) in [7, 11) is 0. The summed E-state index contributed by atoms with van der Waals surface area (Å²) in [5.41, 5.74) is 0.994. The Hall–Kier alpha value is -1.53. The van der Waals surface area contributed by atoms with Crippen molar-refractivity contribution in [3.63, 3.8) is 0 Å². The Kier molecular flexibility index (Phi) is 4.81. The molecule has 0 radical (unpaired) electrons. The Labute approximate surface area is 95.7 Å². The summed E-state index contributed by atoms with van der Waals surface area (Å²) in [6.07, 6.45) is 6.20. The van der Waals surface area contributed by atoms with Gasteiger partial charge in [-0.3, -0.25) is 0 Å². The molecule has 1 N–H and O–H groups in total. The average molecular weight is 221 g/mol. The van der Waals surface area contributed by atoms with E-state index in [1.54, 1.807) is 12.1 Å². The lowest BCUT2D eigenvalue weighted by Crippen LogP contribution is -2.25. The van der Waals surface area contributed by atoms with E-state index in [2.05, 4.69) is 5.92 Å². The molecule has 1 aromatic rings. The standard InChI is InChI=1S/C13H16FNO/c1-3-8-15(9-4-2)13-7-5-6-12(14)11(13)10-16/h1,5-7,16H,4,8-10H2,2H3. The lowest BCUT2D eigenvalue weighted by atomic mass is 10.1. The minimum Gasteiger partial charge on any atom is -0.391 e. The van der Waals surface area contributed by atoms with Crippen LogP contribution in [0.15, 0.2) is 18.2 Å². The van der Waals surface area contributed by atoms with Crippen LogP contribution in [0.3, 0.4) is 0 Å². The highest BCUT2D eigenvalue weighted by Crippen LogP contribution is 2.23. The van der Waals surface area contributed by atoms with Gasteiger partial charge in [-0.25, -0.2) is 4.39 Å². The molecule has 3 heteroatoms. The summed E-state index contributed by atoms with van der Waals surface area (Å²) < 4.78 is 13.5. The number of hydrogen-bond acceptors (Lipinski definition) is 2. The lowest BCUT2D eigenvalue weighted by Gasteiger charge is -2.24. The number of hydrogen-bond donors (Lipinski definition) is 1. The van der Waals surface area contributed by atoms with Gasteiger partial charge in [0.1, 0.15) is 5.82 Å². The number of terminal acetylenes is 1. The Bertz CT molecular complexity index is 384. The summed E-state index contributed by atoms with van der Waals surface area (Å²) in [4.78, 5) is 1.90. The van der Waals surface area contributed by atoms with Gasteiger partial charge in [0.25, 0.3) is 0 Å². The van der Waals surface area contributed by atoms with Gasteiger partial charge in [-0.1, -0.05) is 18.9 Å². The van der Waals surface area contributed by atoms with Crippen molar-refractivity contribution < 1.29 is 9.50 Å². The van der Waals surface area contributed by atoms with Gasteiger partial charge in [0.15, 0.2) is 0 Å². The molecular weight excluding hydrogens is 205 g/mol. The van der Waals surface area contributed by atoms with Gasteiger partial charge in [0.05, 0.1) is 13.2 Å². The first-order valence-electron chi connectivity index (χ1n) is 5.31. The summed E-state index contributed by atoms with van der Waals surface area (Å²) in [6.45, 7) is 2.89. The second kappa shape index (κ2) is 6.14. The molecule has 1 aromatic carbocycles. The minimum absolute atomic E-state index is 0.311. The molecule has 86 valence electrons. The van der Waals surface area contributed by atoms with Crippen LogP contribution in [0.4, 0.5) is 10.1 Å². The fourth-order valence-corrected chi connectivity index (χ4v) is 1.66. The zero-order valence-corrected chi connectivity index (χ0v) is 9.41. The molecule has 0 bridgehead atoms. The second-order valence-corrected chi connectivity index (χ2v) is 3.52. The zero-order chi connectivity index (χ0) is 12.0. The van der Waals surface area contributed by atoms with Gasteiger partial charge in [0, 0.05) is 17.8 Å². The molecule has 0 saturated heterocycles. The van der Waals surface area contributed by atoms with Crippen molar-refractivity contribution in [3.8, 4) is 12.3 Å². The quantitative estimate of drug-likeness (QED) is 0.770. The van der Waals surface area contributed by atoms with Gasteiger partial charge in [0.2, 0.25) is 0 Å². The molecule has 2 nitrogen and oxygen atoms in total. The van der Waals surface area contributed by atoms with E-state index >= 15 is 0 Å². The number of halogens is 1. The van der Waals surface area contributed by atoms with Crippen molar-refractivity contribution >= 4 is 5.69 Å². The van der Waals surface area contributed by atoms with E-state index in [9.17, 15) is 4.39 Å². The zero-order valence-electron chi connectivity index (χ0n) is 9.41. The lowest BCUT2D eigenvalue weighted by molar-refractivity contribution is 0.276. The van der Waals surface area contributed by atoms with Crippen LogP contribution in [0.5, 0.6) is 0 Å². The number of aliphatic hydroxyl groups excluding tert-OH is 1. The predicted octanol–water partition coefficient (Wildman–Crippen LogP) is 2.17. The molecule has 0 fully saturated rings. The molecule has 0 amide bonds. The van der Waals surface area contributed by atoms with Gasteiger partial charge in [-0.2, -0.15) is 0 Å². The number of nitrogens with zero attached hydrogens (tertiary/aromatic N) is 1. The van der Waals surface area contributed by atoms with Crippen LogP contribution in [0.1, 0.15) is 18.9 Å². The number of benzene rings is 1. The van der Waals surface area contributed by atoms with Crippen molar-refractivity contribution in [2.45, 2.75) is 20.0 Å². The van der Waals surface area contributed by atoms with E-state index in [0.29, 0.717) is 17.8 Å². The first kappa shape index (κ1) is 12.5. The normalized spacial score (nSPS) is 9.88. The van der Waals surface area contributed by atoms with Crippen molar-refractivity contribution in [3.05, 3.63) is 29.6 Å². The molecule has 0 aliphatic carbocycles. The van der Waals surface area contributed by atoms with Crippen molar-refractivity contribution in [1.82, 2.24) is 0 Å².